The van der Waals surface area contributed by atoms with Crippen molar-refractivity contribution in [2.45, 2.75) is 26.8 Å². The van der Waals surface area contributed by atoms with Crippen molar-refractivity contribution in [3.8, 4) is 29.1 Å². The monoisotopic (exact) mass is 621 g/mol. The highest BCUT2D eigenvalue weighted by Crippen LogP contribution is 2.36. The van der Waals surface area contributed by atoms with Crippen molar-refractivity contribution in [1.82, 2.24) is 4.57 Å². The molecule has 230 valence electrons. The Morgan fingerprint density at radius 3 is 2.45 bits per heavy atom. The first-order valence-electron chi connectivity index (χ1n) is 13.6. The molecule has 3 aromatic rings. The third-order valence-electron chi connectivity index (χ3n) is 6.45. The van der Waals surface area contributed by atoms with Gasteiger partial charge in [0.05, 0.1) is 49.3 Å². The lowest BCUT2D eigenvalue weighted by Gasteiger charge is -2.25. The van der Waals surface area contributed by atoms with Gasteiger partial charge in [-0.1, -0.05) is 23.5 Å². The first-order valence-corrected chi connectivity index (χ1v) is 14.4. The molecule has 44 heavy (non-hydrogen) atoms. The van der Waals surface area contributed by atoms with Gasteiger partial charge in [0.1, 0.15) is 6.07 Å². The Kier molecular flexibility index (Phi) is 10.4. The molecule has 0 aliphatic carbocycles. The number of esters is 2. The molecule has 2 aromatic carbocycles. The fourth-order valence-corrected chi connectivity index (χ4v) is 5.59. The van der Waals surface area contributed by atoms with Crippen molar-refractivity contribution in [2.75, 3.05) is 40.6 Å². The second kappa shape index (κ2) is 14.4. The van der Waals surface area contributed by atoms with Crippen LogP contribution >= 0.6 is 11.3 Å². The van der Waals surface area contributed by atoms with Crippen LogP contribution in [0.4, 0.5) is 0 Å². The quantitative estimate of drug-likeness (QED) is 0.277. The maximum absolute atomic E-state index is 14.0. The highest BCUT2D eigenvalue weighted by atomic mass is 32.1. The second-order valence-corrected chi connectivity index (χ2v) is 10.2. The third-order valence-corrected chi connectivity index (χ3v) is 7.43. The fraction of sp³-hybridized carbons (Fsp3) is 0.323. The fourth-order valence-electron chi connectivity index (χ4n) is 4.54. The number of rotatable bonds is 12. The molecule has 1 atom stereocenters. The van der Waals surface area contributed by atoms with Crippen LogP contribution in [0.2, 0.25) is 0 Å². The van der Waals surface area contributed by atoms with Gasteiger partial charge in [0.2, 0.25) is 0 Å². The molecule has 0 unspecified atom stereocenters. The van der Waals surface area contributed by atoms with Crippen molar-refractivity contribution in [3.63, 3.8) is 0 Å². The maximum atomic E-state index is 14.0. The molecule has 0 saturated heterocycles. The average Bonchev–Trinajstić information content (AvgIpc) is 3.32. The first-order chi connectivity index (χ1) is 21.3. The predicted molar refractivity (Wildman–Crippen MR) is 160 cm³/mol. The van der Waals surface area contributed by atoms with Crippen molar-refractivity contribution >= 4 is 29.4 Å². The molecular formula is C31H31N3O9S. The maximum Gasteiger partial charge on any atom is 0.343 e. The lowest BCUT2D eigenvalue weighted by atomic mass is 9.95. The SMILES string of the molecule is CCOC(=O)C1=C(C)N=c2s/c(=C\c3ccc(OCC#N)c(OC)c3)c(=O)n2[C@H]1c1ccc(OCC(=O)OC)c(OCC)c1. The Hall–Kier alpha value is -5.09. The number of aromatic nitrogens is 1. The van der Waals surface area contributed by atoms with Crippen LogP contribution < -0.4 is 33.8 Å². The molecule has 2 heterocycles. The van der Waals surface area contributed by atoms with Gasteiger partial charge < -0.3 is 28.4 Å². The zero-order valence-electron chi connectivity index (χ0n) is 24.9. The number of carbonyl (C=O) groups is 2. The molecule has 0 fully saturated rings. The van der Waals surface area contributed by atoms with Crippen molar-refractivity contribution < 1.29 is 38.0 Å². The highest BCUT2D eigenvalue weighted by Gasteiger charge is 2.34. The number of fused-ring (bicyclic) bond motifs is 1. The van der Waals surface area contributed by atoms with Gasteiger partial charge >= 0.3 is 11.9 Å². The van der Waals surface area contributed by atoms with Crippen LogP contribution in [0.15, 0.2) is 57.5 Å². The van der Waals surface area contributed by atoms with Crippen LogP contribution in [-0.4, -0.2) is 57.2 Å². The Morgan fingerprint density at radius 2 is 1.77 bits per heavy atom. The van der Waals surface area contributed by atoms with E-state index in [0.717, 1.165) is 0 Å². The van der Waals surface area contributed by atoms with E-state index in [4.69, 9.17) is 28.9 Å². The topological polar surface area (TPSA) is 148 Å². The summed E-state index contributed by atoms with van der Waals surface area (Å²) in [5.74, 6) is 0.246. The van der Waals surface area contributed by atoms with Crippen molar-refractivity contribution in [1.29, 1.82) is 5.26 Å². The molecule has 1 aliphatic rings. The van der Waals surface area contributed by atoms with Crippen LogP contribution in [0, 0.1) is 11.3 Å². The Bertz CT molecular complexity index is 1820. The molecule has 0 spiro atoms. The normalized spacial score (nSPS) is 14.2. The van der Waals surface area contributed by atoms with Crippen LogP contribution in [0.25, 0.3) is 6.08 Å². The summed E-state index contributed by atoms with van der Waals surface area (Å²) in [7, 11) is 2.74. The summed E-state index contributed by atoms with van der Waals surface area (Å²) < 4.78 is 34.1. The highest BCUT2D eigenvalue weighted by molar-refractivity contribution is 7.07. The molecule has 0 bridgehead atoms. The molecule has 1 aromatic heterocycles. The van der Waals surface area contributed by atoms with E-state index in [0.29, 0.717) is 55.8 Å². The van der Waals surface area contributed by atoms with Gasteiger partial charge in [0, 0.05) is 0 Å². The van der Waals surface area contributed by atoms with E-state index in [1.165, 1.54) is 30.1 Å². The standard InChI is InChI=1S/C31H31N3O9S/c1-6-40-24-16-20(9-11-22(24)43-17-26(35)39-5)28-27(30(37)41-7-2)18(3)33-31-34(28)29(36)25(44-31)15-19-8-10-21(42-13-12-32)23(14-19)38-4/h8-11,14-16,28H,6-7,13,17H2,1-5H3/b25-15-/t28-/m0/s1. The van der Waals surface area contributed by atoms with Crippen molar-refractivity contribution in [3.05, 3.63) is 78.5 Å². The number of methoxy groups -OCH3 is 2. The van der Waals surface area contributed by atoms with E-state index in [1.54, 1.807) is 63.2 Å². The van der Waals surface area contributed by atoms with Gasteiger partial charge in [-0.3, -0.25) is 9.36 Å². The minimum absolute atomic E-state index is 0.132. The van der Waals surface area contributed by atoms with E-state index < -0.39 is 18.0 Å². The van der Waals surface area contributed by atoms with Gasteiger partial charge in [-0.15, -0.1) is 0 Å². The molecule has 1 aliphatic heterocycles. The van der Waals surface area contributed by atoms with Gasteiger partial charge in [0.25, 0.3) is 5.56 Å². The molecule has 0 amide bonds. The largest absolute Gasteiger partial charge is 0.493 e. The number of nitriles is 1. The Labute approximate surface area is 257 Å². The van der Waals surface area contributed by atoms with E-state index in [2.05, 4.69) is 9.73 Å². The van der Waals surface area contributed by atoms with Crippen molar-refractivity contribution in [2.24, 2.45) is 4.99 Å². The van der Waals surface area contributed by atoms with Crippen LogP contribution in [-0.2, 0) is 19.1 Å². The number of thiazole rings is 1. The van der Waals surface area contributed by atoms with Crippen LogP contribution in [0.3, 0.4) is 0 Å². The molecular weight excluding hydrogens is 590 g/mol. The number of ether oxygens (including phenoxy) is 6. The summed E-state index contributed by atoms with van der Waals surface area (Å²) in [6.07, 6.45) is 1.69. The third kappa shape index (κ3) is 6.76. The van der Waals surface area contributed by atoms with Crippen LogP contribution in [0.5, 0.6) is 23.0 Å². The summed E-state index contributed by atoms with van der Waals surface area (Å²) in [5, 5.41) is 8.84. The van der Waals surface area contributed by atoms with Gasteiger partial charge in [-0.2, -0.15) is 5.26 Å². The molecule has 13 heteroatoms. The van der Waals surface area contributed by atoms with Crippen LogP contribution in [0.1, 0.15) is 37.9 Å². The number of benzene rings is 2. The van der Waals surface area contributed by atoms with E-state index in [-0.39, 0.29) is 31.0 Å². The number of carbonyl (C=O) groups excluding carboxylic acids is 2. The predicted octanol–water partition coefficient (Wildman–Crippen LogP) is 2.66. The molecule has 4 rings (SSSR count). The lowest BCUT2D eigenvalue weighted by Crippen LogP contribution is -2.40. The van der Waals surface area contributed by atoms with E-state index in [9.17, 15) is 14.4 Å². The Morgan fingerprint density at radius 1 is 1.02 bits per heavy atom. The molecule has 12 nitrogen and oxygen atoms in total. The Balaban J connectivity index is 1.87. The molecule has 0 N–H and O–H groups in total. The van der Waals surface area contributed by atoms with E-state index in [1.807, 2.05) is 6.07 Å². The van der Waals surface area contributed by atoms with Gasteiger partial charge in [-0.05, 0) is 62.2 Å². The van der Waals surface area contributed by atoms with Gasteiger partial charge in [-0.25, -0.2) is 14.6 Å². The number of hydrogen-bond acceptors (Lipinski definition) is 12. The summed E-state index contributed by atoms with van der Waals surface area (Å²) in [5.41, 5.74) is 1.44. The molecule has 0 radical (unpaired) electrons. The zero-order chi connectivity index (χ0) is 31.8. The van der Waals surface area contributed by atoms with Gasteiger partial charge in [0.15, 0.2) is 41.0 Å². The summed E-state index contributed by atoms with van der Waals surface area (Å²) in [4.78, 5) is 43.9. The molecule has 0 saturated carbocycles. The smallest absolute Gasteiger partial charge is 0.343 e. The second-order valence-electron chi connectivity index (χ2n) is 9.16. The number of hydrogen-bond donors (Lipinski definition) is 0. The first kappa shape index (κ1) is 31.8. The number of allylic oxidation sites excluding steroid dienone is 1. The lowest BCUT2D eigenvalue weighted by molar-refractivity contribution is -0.143. The summed E-state index contributed by atoms with van der Waals surface area (Å²) in [6, 6.07) is 11.1. The summed E-state index contributed by atoms with van der Waals surface area (Å²) >= 11 is 1.17. The average molecular weight is 622 g/mol. The van der Waals surface area contributed by atoms with E-state index >= 15 is 0 Å². The summed E-state index contributed by atoms with van der Waals surface area (Å²) in [6.45, 7) is 5.15. The zero-order valence-corrected chi connectivity index (χ0v) is 25.7. The minimum Gasteiger partial charge on any atom is -0.493 e. The minimum atomic E-state index is -0.891. The number of nitrogens with zero attached hydrogens (tertiary/aromatic N) is 3.